The summed E-state index contributed by atoms with van der Waals surface area (Å²) in [7, 11) is 0. The maximum atomic E-state index is 13.5. The number of pyridine rings is 1. The van der Waals surface area contributed by atoms with E-state index in [-0.39, 0.29) is 17.3 Å². The Hall–Kier alpha value is -3.04. The first-order chi connectivity index (χ1) is 15.3. The van der Waals surface area contributed by atoms with Crippen LogP contribution in [0.1, 0.15) is 28.8 Å². The Morgan fingerprint density at radius 2 is 2.03 bits per heavy atom. The number of anilines is 2. The average Bonchev–Trinajstić information content (AvgIpc) is 3.24. The van der Waals surface area contributed by atoms with Crippen LogP contribution in [0.3, 0.4) is 0 Å². The molecule has 1 aromatic carbocycles. The number of aliphatic carboxylic acids is 1. The van der Waals surface area contributed by atoms with Gasteiger partial charge in [-0.2, -0.15) is 0 Å². The van der Waals surface area contributed by atoms with Crippen LogP contribution in [0.25, 0.3) is 11.3 Å². The second kappa shape index (κ2) is 9.22. The van der Waals surface area contributed by atoms with E-state index in [1.54, 1.807) is 30.5 Å². The van der Waals surface area contributed by atoms with E-state index in [4.69, 9.17) is 16.7 Å². The van der Waals surface area contributed by atoms with Crippen molar-refractivity contribution in [1.29, 1.82) is 0 Å². The molecular weight excluding hydrogens is 455 g/mol. The van der Waals surface area contributed by atoms with Crippen molar-refractivity contribution >= 4 is 45.8 Å². The number of rotatable bonds is 5. The topological polar surface area (TPSA) is 95.4 Å². The number of aryl methyl sites for hydroxylation is 1. The van der Waals surface area contributed by atoms with Crippen molar-refractivity contribution in [3.63, 3.8) is 0 Å². The summed E-state index contributed by atoms with van der Waals surface area (Å²) >= 11 is 7.64. The molecule has 0 spiro atoms. The quantitative estimate of drug-likeness (QED) is 0.548. The minimum atomic E-state index is -0.782. The van der Waals surface area contributed by atoms with Gasteiger partial charge in [-0.3, -0.25) is 14.9 Å². The predicted molar refractivity (Wildman–Crippen MR) is 122 cm³/mol. The first-order valence-corrected chi connectivity index (χ1v) is 11.2. The van der Waals surface area contributed by atoms with Crippen LogP contribution in [0.15, 0.2) is 35.8 Å². The molecule has 4 rings (SSSR count). The number of carbonyl (C=O) groups is 2. The molecule has 1 fully saturated rings. The van der Waals surface area contributed by atoms with Gasteiger partial charge in [0.1, 0.15) is 11.6 Å². The third-order valence-corrected chi connectivity index (χ3v) is 6.44. The minimum Gasteiger partial charge on any atom is -0.481 e. The third kappa shape index (κ3) is 4.73. The smallest absolute Gasteiger partial charge is 0.306 e. The van der Waals surface area contributed by atoms with Crippen LogP contribution in [-0.4, -0.2) is 40.0 Å². The van der Waals surface area contributed by atoms with Crippen LogP contribution in [0.5, 0.6) is 0 Å². The molecule has 2 N–H and O–H groups in total. The van der Waals surface area contributed by atoms with E-state index in [9.17, 15) is 14.0 Å². The highest BCUT2D eigenvalue weighted by Crippen LogP contribution is 2.30. The van der Waals surface area contributed by atoms with E-state index in [2.05, 4.69) is 15.3 Å². The fourth-order valence-electron chi connectivity index (χ4n) is 3.56. The second-order valence-electron chi connectivity index (χ2n) is 7.58. The number of nitrogens with one attached hydrogen (secondary N) is 1. The molecule has 3 heterocycles. The normalized spacial score (nSPS) is 14.4. The molecule has 0 unspecified atom stereocenters. The number of aromatic nitrogens is 2. The molecule has 2 aromatic heterocycles. The highest BCUT2D eigenvalue weighted by atomic mass is 35.5. The maximum absolute atomic E-state index is 13.5. The number of carboxylic acid groups (broad SMARTS) is 1. The number of piperidine rings is 1. The minimum absolute atomic E-state index is 0.281. The number of hydrogen-bond donors (Lipinski definition) is 2. The van der Waals surface area contributed by atoms with Gasteiger partial charge in [-0.05, 0) is 49.6 Å². The number of carbonyl (C=O) groups excluding carboxylic acids is 1. The van der Waals surface area contributed by atoms with Crippen molar-refractivity contribution in [2.45, 2.75) is 19.8 Å². The zero-order chi connectivity index (χ0) is 22.8. The van der Waals surface area contributed by atoms with Crippen LogP contribution in [-0.2, 0) is 4.79 Å². The van der Waals surface area contributed by atoms with Gasteiger partial charge in [-0.1, -0.05) is 11.6 Å². The van der Waals surface area contributed by atoms with Gasteiger partial charge in [-0.25, -0.2) is 14.4 Å². The number of thiazole rings is 1. The SMILES string of the molecule is Cc1cc(-c2csc(NC(=O)c3cnc(N4CCC(C(=O)O)CC4)c(Cl)c3)n2)ccc1F. The summed E-state index contributed by atoms with van der Waals surface area (Å²) in [5.74, 6) is -1.27. The Kier molecular flexibility index (Phi) is 6.38. The Morgan fingerprint density at radius 3 is 2.69 bits per heavy atom. The fourth-order valence-corrected chi connectivity index (χ4v) is 4.56. The van der Waals surface area contributed by atoms with E-state index in [1.807, 2.05) is 4.90 Å². The number of nitrogens with zero attached hydrogens (tertiary/aromatic N) is 3. The molecule has 1 saturated heterocycles. The monoisotopic (exact) mass is 474 g/mol. The summed E-state index contributed by atoms with van der Waals surface area (Å²) in [5, 5.41) is 14.4. The first-order valence-electron chi connectivity index (χ1n) is 9.98. The van der Waals surface area contributed by atoms with Crippen LogP contribution < -0.4 is 10.2 Å². The number of carboxylic acids is 1. The summed E-state index contributed by atoms with van der Waals surface area (Å²) in [4.78, 5) is 34.4. The molecule has 0 saturated carbocycles. The Balaban J connectivity index is 1.43. The summed E-state index contributed by atoms with van der Waals surface area (Å²) in [6.07, 6.45) is 2.49. The van der Waals surface area contributed by atoms with Crippen LogP contribution >= 0.6 is 22.9 Å². The standard InChI is InChI=1S/C22H20ClFN4O3S/c1-12-8-14(2-3-17(12)24)18-11-32-22(26-18)27-20(29)15-9-16(23)19(25-10-15)28-6-4-13(5-7-28)21(30)31/h2-3,8-11,13H,4-7H2,1H3,(H,30,31)(H,26,27,29). The van der Waals surface area contributed by atoms with Crippen molar-refractivity contribution in [1.82, 2.24) is 9.97 Å². The van der Waals surface area contributed by atoms with Gasteiger partial charge < -0.3 is 10.0 Å². The van der Waals surface area contributed by atoms with Gasteiger partial charge in [0.25, 0.3) is 5.91 Å². The van der Waals surface area contributed by atoms with Crippen LogP contribution in [0.4, 0.5) is 15.3 Å². The summed E-state index contributed by atoms with van der Waals surface area (Å²) in [6, 6.07) is 6.28. The van der Waals surface area contributed by atoms with Crippen molar-refractivity contribution in [2.24, 2.45) is 5.92 Å². The average molecular weight is 475 g/mol. The van der Waals surface area contributed by atoms with Crippen molar-refractivity contribution in [3.05, 3.63) is 57.8 Å². The molecule has 3 aromatic rings. The number of benzene rings is 1. The molecule has 0 bridgehead atoms. The van der Waals surface area contributed by atoms with Gasteiger partial charge >= 0.3 is 5.97 Å². The summed E-state index contributed by atoms with van der Waals surface area (Å²) in [6.45, 7) is 2.77. The molecule has 32 heavy (non-hydrogen) atoms. The predicted octanol–water partition coefficient (Wildman–Crippen LogP) is 4.86. The molecule has 0 atom stereocenters. The van der Waals surface area contributed by atoms with Crippen molar-refractivity contribution in [3.8, 4) is 11.3 Å². The van der Waals surface area contributed by atoms with E-state index in [0.29, 0.717) is 53.2 Å². The molecule has 10 heteroatoms. The van der Waals surface area contributed by atoms with Gasteiger partial charge in [0.15, 0.2) is 5.13 Å². The molecule has 166 valence electrons. The van der Waals surface area contributed by atoms with Crippen LogP contribution in [0.2, 0.25) is 5.02 Å². The van der Waals surface area contributed by atoms with Gasteiger partial charge in [0, 0.05) is 30.2 Å². The molecule has 1 aliphatic heterocycles. The van der Waals surface area contributed by atoms with E-state index < -0.39 is 11.9 Å². The van der Waals surface area contributed by atoms with E-state index >= 15 is 0 Å². The van der Waals surface area contributed by atoms with E-state index in [1.165, 1.54) is 23.6 Å². The van der Waals surface area contributed by atoms with Gasteiger partial charge in [0.2, 0.25) is 0 Å². The largest absolute Gasteiger partial charge is 0.481 e. The lowest BCUT2D eigenvalue weighted by Crippen LogP contribution is -2.37. The highest BCUT2D eigenvalue weighted by molar-refractivity contribution is 7.14. The maximum Gasteiger partial charge on any atom is 0.306 e. The Labute approximate surface area is 192 Å². The number of amides is 1. The lowest BCUT2D eigenvalue weighted by molar-refractivity contribution is -0.142. The molecule has 0 radical (unpaired) electrons. The highest BCUT2D eigenvalue weighted by Gasteiger charge is 2.26. The Morgan fingerprint density at radius 1 is 1.28 bits per heavy atom. The molecule has 7 nitrogen and oxygen atoms in total. The fraction of sp³-hybridized carbons (Fsp3) is 0.273. The zero-order valence-corrected chi connectivity index (χ0v) is 18.7. The molecule has 1 amide bonds. The van der Waals surface area contributed by atoms with Crippen molar-refractivity contribution in [2.75, 3.05) is 23.3 Å². The summed E-state index contributed by atoms with van der Waals surface area (Å²) in [5.41, 5.74) is 2.22. The lowest BCUT2D eigenvalue weighted by atomic mass is 9.97. The third-order valence-electron chi connectivity index (χ3n) is 5.41. The number of hydrogen-bond acceptors (Lipinski definition) is 6. The molecule has 0 aliphatic carbocycles. The van der Waals surface area contributed by atoms with Gasteiger partial charge in [0.05, 0.1) is 22.2 Å². The first kappa shape index (κ1) is 22.2. The van der Waals surface area contributed by atoms with Crippen LogP contribution in [0, 0.1) is 18.7 Å². The van der Waals surface area contributed by atoms with E-state index in [0.717, 1.165) is 5.56 Å². The molecule has 1 aliphatic rings. The summed E-state index contributed by atoms with van der Waals surface area (Å²) < 4.78 is 13.5. The Bertz CT molecular complexity index is 1180. The molecular formula is C22H20ClFN4O3S. The zero-order valence-electron chi connectivity index (χ0n) is 17.1. The number of halogens is 2. The van der Waals surface area contributed by atoms with Gasteiger partial charge in [-0.15, -0.1) is 11.3 Å². The lowest BCUT2D eigenvalue weighted by Gasteiger charge is -2.31. The van der Waals surface area contributed by atoms with Crippen molar-refractivity contribution < 1.29 is 19.1 Å². The second-order valence-corrected chi connectivity index (χ2v) is 8.85.